The molecule has 8 heteroatoms. The first-order valence-corrected chi connectivity index (χ1v) is 6.73. The Morgan fingerprint density at radius 2 is 2.05 bits per heavy atom. The Kier molecular flexibility index (Phi) is 5.61. The van der Waals surface area contributed by atoms with Crippen molar-refractivity contribution in [3.8, 4) is 0 Å². The molecule has 0 spiro atoms. The van der Waals surface area contributed by atoms with Crippen LogP contribution in [-0.4, -0.2) is 41.0 Å². The molecule has 2 N–H and O–H groups in total. The lowest BCUT2D eigenvalue weighted by Crippen LogP contribution is -2.11. The molecule has 1 aromatic carbocycles. The van der Waals surface area contributed by atoms with Crippen molar-refractivity contribution in [2.75, 3.05) is 25.1 Å². The van der Waals surface area contributed by atoms with Crippen molar-refractivity contribution < 1.29 is 14.3 Å². The molecule has 0 unspecified atom stereocenters. The van der Waals surface area contributed by atoms with E-state index in [0.717, 1.165) is 6.20 Å². The van der Waals surface area contributed by atoms with Gasteiger partial charge in [-0.15, -0.1) is 10.2 Å². The highest BCUT2D eigenvalue weighted by atomic mass is 16.6. The predicted octanol–water partition coefficient (Wildman–Crippen LogP) is 1.10. The van der Waals surface area contributed by atoms with Crippen LogP contribution in [-0.2, 0) is 9.47 Å². The highest BCUT2D eigenvalue weighted by Crippen LogP contribution is 2.13. The molecule has 0 aliphatic rings. The lowest BCUT2D eigenvalue weighted by atomic mass is 10.2. The van der Waals surface area contributed by atoms with Crippen molar-refractivity contribution in [1.82, 2.24) is 15.2 Å². The van der Waals surface area contributed by atoms with Gasteiger partial charge < -0.3 is 14.8 Å². The van der Waals surface area contributed by atoms with Gasteiger partial charge in [0.05, 0.1) is 12.2 Å². The number of rotatable bonds is 7. The summed E-state index contributed by atoms with van der Waals surface area (Å²) in [6.45, 7) is 3.05. The number of carbonyl (C=O) groups excluding carboxylic acids is 1. The van der Waals surface area contributed by atoms with E-state index in [9.17, 15) is 9.59 Å². The van der Waals surface area contributed by atoms with E-state index in [1.807, 2.05) is 6.92 Å². The molecule has 0 saturated carbocycles. The molecular weight excluding hydrogens is 288 g/mol. The smallest absolute Gasteiger partial charge is 0.338 e. The number of nitrogens with one attached hydrogen (secondary N) is 2. The molecule has 0 fully saturated rings. The molecule has 1 aromatic heterocycles. The van der Waals surface area contributed by atoms with Gasteiger partial charge in [0.25, 0.3) is 5.56 Å². The molecule has 0 bridgehead atoms. The monoisotopic (exact) mass is 304 g/mol. The van der Waals surface area contributed by atoms with Crippen LogP contribution in [0.1, 0.15) is 17.3 Å². The van der Waals surface area contributed by atoms with E-state index in [1.165, 1.54) is 0 Å². The van der Waals surface area contributed by atoms with Gasteiger partial charge in [0, 0.05) is 12.3 Å². The first kappa shape index (κ1) is 15.6. The summed E-state index contributed by atoms with van der Waals surface area (Å²) < 4.78 is 10.1. The average Bonchev–Trinajstić information content (AvgIpc) is 2.52. The van der Waals surface area contributed by atoms with Crippen LogP contribution in [0.25, 0.3) is 0 Å². The highest BCUT2D eigenvalue weighted by Gasteiger charge is 2.07. The van der Waals surface area contributed by atoms with Crippen LogP contribution in [0.15, 0.2) is 35.3 Å². The van der Waals surface area contributed by atoms with E-state index in [1.54, 1.807) is 24.3 Å². The van der Waals surface area contributed by atoms with Crippen LogP contribution in [0.5, 0.6) is 0 Å². The van der Waals surface area contributed by atoms with E-state index in [4.69, 9.17) is 9.47 Å². The Hall–Kier alpha value is -2.74. The summed E-state index contributed by atoms with van der Waals surface area (Å²) in [5, 5.41) is 10.1. The number of ether oxygens (including phenoxy) is 2. The molecule has 0 amide bonds. The summed E-state index contributed by atoms with van der Waals surface area (Å²) >= 11 is 0. The number of aromatic amines is 1. The van der Waals surface area contributed by atoms with Crippen molar-refractivity contribution in [1.29, 1.82) is 0 Å². The molecule has 0 aliphatic heterocycles. The van der Waals surface area contributed by atoms with Crippen LogP contribution in [0.4, 0.5) is 11.6 Å². The lowest BCUT2D eigenvalue weighted by molar-refractivity contribution is 0.0335. The number of carbonyl (C=O) groups is 1. The fourth-order valence-corrected chi connectivity index (χ4v) is 1.62. The molecule has 116 valence electrons. The zero-order valence-corrected chi connectivity index (χ0v) is 12.0. The molecule has 0 radical (unpaired) electrons. The van der Waals surface area contributed by atoms with Gasteiger partial charge in [0.1, 0.15) is 12.8 Å². The van der Waals surface area contributed by atoms with E-state index in [-0.39, 0.29) is 18.1 Å². The average molecular weight is 304 g/mol. The Morgan fingerprint density at radius 3 is 2.73 bits per heavy atom. The molecule has 2 aromatic rings. The normalized spacial score (nSPS) is 10.2. The Morgan fingerprint density at radius 1 is 1.27 bits per heavy atom. The van der Waals surface area contributed by atoms with E-state index in [2.05, 4.69) is 20.5 Å². The van der Waals surface area contributed by atoms with E-state index in [0.29, 0.717) is 24.5 Å². The van der Waals surface area contributed by atoms with E-state index < -0.39 is 5.97 Å². The maximum absolute atomic E-state index is 11.8. The molecule has 0 aliphatic carbocycles. The van der Waals surface area contributed by atoms with Crippen LogP contribution in [0.3, 0.4) is 0 Å². The Labute approximate surface area is 126 Å². The molecular formula is C14H16N4O4. The van der Waals surface area contributed by atoms with Crippen LogP contribution in [0.2, 0.25) is 0 Å². The van der Waals surface area contributed by atoms with Gasteiger partial charge in [-0.25, -0.2) is 4.79 Å². The van der Waals surface area contributed by atoms with Crippen LogP contribution < -0.4 is 10.9 Å². The summed E-state index contributed by atoms with van der Waals surface area (Å²) in [6.07, 6.45) is 1.08. The summed E-state index contributed by atoms with van der Waals surface area (Å²) in [5.41, 5.74) is 0.726. The summed E-state index contributed by atoms with van der Waals surface area (Å²) in [4.78, 5) is 25.3. The quantitative estimate of drug-likeness (QED) is 0.582. The van der Waals surface area contributed by atoms with Crippen molar-refractivity contribution in [3.05, 3.63) is 46.4 Å². The summed E-state index contributed by atoms with van der Waals surface area (Å²) in [5.74, 6) is -0.196. The number of hydrogen-bond donors (Lipinski definition) is 2. The Balaban J connectivity index is 1.92. The molecule has 0 saturated heterocycles. The largest absolute Gasteiger partial charge is 0.460 e. The van der Waals surface area contributed by atoms with Crippen LogP contribution >= 0.6 is 0 Å². The van der Waals surface area contributed by atoms with Gasteiger partial charge in [-0.1, -0.05) is 0 Å². The number of aromatic nitrogens is 3. The second-order valence-electron chi connectivity index (χ2n) is 4.22. The maximum atomic E-state index is 11.8. The van der Waals surface area contributed by atoms with Gasteiger partial charge in [0.2, 0.25) is 5.95 Å². The van der Waals surface area contributed by atoms with Gasteiger partial charge in [-0.3, -0.25) is 9.78 Å². The van der Waals surface area contributed by atoms with Gasteiger partial charge in [-0.05, 0) is 31.2 Å². The zero-order chi connectivity index (χ0) is 15.8. The van der Waals surface area contributed by atoms with Crippen molar-refractivity contribution >= 4 is 17.6 Å². The number of esters is 1. The topological polar surface area (TPSA) is 106 Å². The van der Waals surface area contributed by atoms with Gasteiger partial charge in [-0.2, -0.15) is 0 Å². The number of anilines is 2. The SMILES string of the molecule is CCOCCOC(=O)c1ccc(Nc2nncc(=O)[nH]2)cc1. The number of benzene rings is 1. The second kappa shape index (κ2) is 7.89. The second-order valence-corrected chi connectivity index (χ2v) is 4.22. The first-order valence-electron chi connectivity index (χ1n) is 6.73. The minimum atomic E-state index is -0.417. The third kappa shape index (κ3) is 4.67. The van der Waals surface area contributed by atoms with Crippen molar-refractivity contribution in [2.45, 2.75) is 6.92 Å². The molecule has 8 nitrogen and oxygen atoms in total. The molecule has 22 heavy (non-hydrogen) atoms. The molecule has 2 rings (SSSR count). The van der Waals surface area contributed by atoms with Crippen LogP contribution in [0, 0.1) is 0 Å². The van der Waals surface area contributed by atoms with Crippen molar-refractivity contribution in [2.24, 2.45) is 0 Å². The van der Waals surface area contributed by atoms with Gasteiger partial charge in [0.15, 0.2) is 0 Å². The lowest BCUT2D eigenvalue weighted by Gasteiger charge is -2.07. The Bertz CT molecular complexity index is 669. The zero-order valence-electron chi connectivity index (χ0n) is 12.0. The minimum absolute atomic E-state index is 0.216. The first-order chi connectivity index (χ1) is 10.7. The molecule has 0 atom stereocenters. The number of H-pyrrole nitrogens is 1. The molecule has 1 heterocycles. The van der Waals surface area contributed by atoms with Crippen molar-refractivity contribution in [3.63, 3.8) is 0 Å². The fourth-order valence-electron chi connectivity index (χ4n) is 1.62. The highest BCUT2D eigenvalue weighted by molar-refractivity contribution is 5.89. The van der Waals surface area contributed by atoms with E-state index >= 15 is 0 Å². The fraction of sp³-hybridized carbons (Fsp3) is 0.286. The maximum Gasteiger partial charge on any atom is 0.338 e. The number of hydrogen-bond acceptors (Lipinski definition) is 7. The summed E-state index contributed by atoms with van der Waals surface area (Å²) in [7, 11) is 0. The third-order valence-electron chi connectivity index (χ3n) is 2.62. The minimum Gasteiger partial charge on any atom is -0.460 e. The summed E-state index contributed by atoms with van der Waals surface area (Å²) in [6, 6.07) is 6.57. The predicted molar refractivity (Wildman–Crippen MR) is 79.2 cm³/mol. The van der Waals surface area contributed by atoms with Gasteiger partial charge >= 0.3 is 5.97 Å². The third-order valence-corrected chi connectivity index (χ3v) is 2.62. The number of nitrogens with zero attached hydrogens (tertiary/aromatic N) is 2. The standard InChI is InChI=1S/C14H16N4O4/c1-2-21-7-8-22-13(20)10-3-5-11(6-4-10)16-14-17-12(19)9-15-18-14/h3-6,9H,2,7-8H2,1H3,(H2,16,17,18,19).